The first-order chi connectivity index (χ1) is 14.3. The molecule has 1 fully saturated rings. The molecule has 29 heavy (non-hydrogen) atoms. The summed E-state index contributed by atoms with van der Waals surface area (Å²) in [4.78, 5) is 11.8. The monoisotopic (exact) mass is 385 g/mol. The molecular formula is C24H25N4O. The molecule has 5 heteroatoms. The van der Waals surface area contributed by atoms with Crippen LogP contribution < -0.4 is 0 Å². The summed E-state index contributed by atoms with van der Waals surface area (Å²) in [6.07, 6.45) is 8.31. The Kier molecular flexibility index (Phi) is 4.78. The Balaban J connectivity index is 1.65. The van der Waals surface area contributed by atoms with Gasteiger partial charge in [-0.2, -0.15) is 0 Å². The van der Waals surface area contributed by atoms with Crippen LogP contribution in [0.25, 0.3) is 33.1 Å². The molecule has 1 aromatic carbocycles. The molecule has 1 saturated heterocycles. The van der Waals surface area contributed by atoms with Crippen LogP contribution in [0.4, 0.5) is 0 Å². The Morgan fingerprint density at radius 2 is 1.93 bits per heavy atom. The summed E-state index contributed by atoms with van der Waals surface area (Å²) >= 11 is 0. The summed E-state index contributed by atoms with van der Waals surface area (Å²) in [7, 11) is 0. The van der Waals surface area contributed by atoms with Gasteiger partial charge in [-0.1, -0.05) is 25.1 Å². The normalized spacial score (nSPS) is 15.6. The Labute approximate surface area is 170 Å². The fraction of sp³-hybridized carbons (Fsp3) is 0.292. The van der Waals surface area contributed by atoms with Crippen LogP contribution in [0.5, 0.6) is 0 Å². The third-order valence-electron chi connectivity index (χ3n) is 5.86. The topological polar surface area (TPSA) is 43.2 Å². The third-order valence-corrected chi connectivity index (χ3v) is 5.86. The van der Waals surface area contributed by atoms with Crippen molar-refractivity contribution in [3.8, 4) is 11.1 Å². The molecule has 3 aromatic heterocycles. The second-order valence-corrected chi connectivity index (χ2v) is 7.50. The summed E-state index contributed by atoms with van der Waals surface area (Å²) in [6.45, 7) is 7.77. The van der Waals surface area contributed by atoms with Crippen LogP contribution in [-0.2, 0) is 11.2 Å². The number of aryl methyl sites for hydroxylation is 1. The van der Waals surface area contributed by atoms with Gasteiger partial charge in [0, 0.05) is 48.0 Å². The van der Waals surface area contributed by atoms with Crippen LogP contribution in [0.1, 0.15) is 19.4 Å². The zero-order chi connectivity index (χ0) is 19.8. The first-order valence-electron chi connectivity index (χ1n) is 10.3. The predicted molar refractivity (Wildman–Crippen MR) is 117 cm³/mol. The highest BCUT2D eigenvalue weighted by Gasteiger charge is 2.23. The van der Waals surface area contributed by atoms with Crippen molar-refractivity contribution >= 4 is 21.9 Å². The number of aromatic nitrogens is 3. The van der Waals surface area contributed by atoms with E-state index >= 15 is 0 Å². The highest BCUT2D eigenvalue weighted by molar-refractivity contribution is 5.98. The summed E-state index contributed by atoms with van der Waals surface area (Å²) in [5.74, 6) is 0. The van der Waals surface area contributed by atoms with E-state index in [4.69, 9.17) is 9.72 Å². The molecule has 0 aliphatic carbocycles. The zero-order valence-corrected chi connectivity index (χ0v) is 16.9. The van der Waals surface area contributed by atoms with Crippen molar-refractivity contribution in [2.45, 2.75) is 20.3 Å². The van der Waals surface area contributed by atoms with Gasteiger partial charge in [0.25, 0.3) is 0 Å². The third kappa shape index (κ3) is 3.20. The molecule has 0 bridgehead atoms. The maximum atomic E-state index is 5.52. The number of pyridine rings is 2. The molecule has 1 radical (unpaired) electrons. The smallest absolute Gasteiger partial charge is 0.142 e. The maximum absolute atomic E-state index is 5.52. The highest BCUT2D eigenvalue weighted by Crippen LogP contribution is 2.34. The van der Waals surface area contributed by atoms with Gasteiger partial charge in [0.15, 0.2) is 0 Å². The van der Waals surface area contributed by atoms with Crippen molar-refractivity contribution in [1.29, 1.82) is 0 Å². The van der Waals surface area contributed by atoms with Gasteiger partial charge in [-0.25, -0.2) is 4.98 Å². The van der Waals surface area contributed by atoms with Crippen molar-refractivity contribution in [3.05, 3.63) is 66.7 Å². The summed E-state index contributed by atoms with van der Waals surface area (Å²) in [6, 6.07) is 12.6. The first kappa shape index (κ1) is 18.3. The lowest BCUT2D eigenvalue weighted by atomic mass is 10.0. The van der Waals surface area contributed by atoms with E-state index in [1.807, 2.05) is 18.5 Å². The molecule has 5 nitrogen and oxygen atoms in total. The quantitative estimate of drug-likeness (QED) is 0.519. The van der Waals surface area contributed by atoms with Crippen molar-refractivity contribution in [2.24, 2.45) is 0 Å². The van der Waals surface area contributed by atoms with Gasteiger partial charge < -0.3 is 9.30 Å². The molecule has 4 aromatic rings. The van der Waals surface area contributed by atoms with Crippen molar-refractivity contribution < 1.29 is 4.74 Å². The number of nitrogens with zero attached hydrogens (tertiary/aromatic N) is 4. The predicted octanol–water partition coefficient (Wildman–Crippen LogP) is 4.50. The highest BCUT2D eigenvalue weighted by atomic mass is 16.5. The average molecular weight is 385 g/mol. The average Bonchev–Trinajstić information content (AvgIpc) is 3.18. The zero-order valence-electron chi connectivity index (χ0n) is 16.9. The van der Waals surface area contributed by atoms with E-state index in [1.165, 1.54) is 22.7 Å². The minimum absolute atomic E-state index is 0.776. The lowest BCUT2D eigenvalue weighted by molar-refractivity contribution is 0.0382. The Bertz CT molecular complexity index is 1160. The number of benzene rings is 1. The number of morpholine rings is 1. The van der Waals surface area contributed by atoms with E-state index in [0.717, 1.165) is 54.8 Å². The molecule has 4 heterocycles. The molecule has 0 atom stereocenters. The summed E-state index contributed by atoms with van der Waals surface area (Å²) < 4.78 is 7.77. The Morgan fingerprint density at radius 3 is 2.76 bits per heavy atom. The second-order valence-electron chi connectivity index (χ2n) is 7.50. The molecule has 0 spiro atoms. The minimum atomic E-state index is 0.776. The SMILES string of the molecule is CCc1cn([C](C)N2CCOCC2)c2nccc(-c3cnc4ccccc4c3)c12. The van der Waals surface area contributed by atoms with Crippen molar-refractivity contribution in [2.75, 3.05) is 26.3 Å². The second kappa shape index (κ2) is 7.58. The van der Waals surface area contributed by atoms with Crippen LogP contribution >= 0.6 is 0 Å². The lowest BCUT2D eigenvalue weighted by Gasteiger charge is -2.32. The molecule has 0 N–H and O–H groups in total. The number of hydrogen-bond donors (Lipinski definition) is 0. The molecule has 0 unspecified atom stereocenters. The fourth-order valence-electron chi connectivity index (χ4n) is 4.24. The van der Waals surface area contributed by atoms with Gasteiger partial charge in [0.05, 0.1) is 18.7 Å². The number of fused-ring (bicyclic) bond motifs is 2. The number of rotatable bonds is 4. The molecule has 5 rings (SSSR count). The number of ether oxygens (including phenoxy) is 1. The molecule has 0 saturated carbocycles. The van der Waals surface area contributed by atoms with Crippen molar-refractivity contribution in [1.82, 2.24) is 19.4 Å². The number of para-hydroxylation sites is 1. The van der Waals surface area contributed by atoms with Crippen molar-refractivity contribution in [3.63, 3.8) is 0 Å². The summed E-state index contributed by atoms with van der Waals surface area (Å²) in [5, 5.41) is 2.38. The van der Waals surface area contributed by atoms with E-state index in [0.29, 0.717) is 0 Å². The van der Waals surface area contributed by atoms with Crippen LogP contribution in [-0.4, -0.2) is 45.7 Å². The summed E-state index contributed by atoms with van der Waals surface area (Å²) in [5.41, 5.74) is 5.66. The standard InChI is InChI=1S/C24H25N4O/c1-3-18-16-28(17(2)27-10-12-29-13-11-27)24-23(18)21(8-9-25-24)20-14-19-6-4-5-7-22(19)26-15-20/h4-9,14-16H,3,10-13H2,1-2H3. The van der Waals surface area contributed by atoms with E-state index in [2.05, 4.69) is 64.8 Å². The Morgan fingerprint density at radius 1 is 1.10 bits per heavy atom. The van der Waals surface area contributed by atoms with E-state index < -0.39 is 0 Å². The first-order valence-corrected chi connectivity index (χ1v) is 10.3. The molecule has 1 aliphatic heterocycles. The maximum Gasteiger partial charge on any atom is 0.142 e. The van der Waals surface area contributed by atoms with Gasteiger partial charge in [-0.05, 0) is 42.7 Å². The van der Waals surface area contributed by atoms with Gasteiger partial charge in [0.2, 0.25) is 0 Å². The molecule has 0 amide bonds. The molecule has 147 valence electrons. The van der Waals surface area contributed by atoms with E-state index in [-0.39, 0.29) is 0 Å². The largest absolute Gasteiger partial charge is 0.379 e. The van der Waals surface area contributed by atoms with Gasteiger partial charge >= 0.3 is 0 Å². The van der Waals surface area contributed by atoms with Crippen LogP contribution in [0.15, 0.2) is 55.0 Å². The van der Waals surface area contributed by atoms with E-state index in [9.17, 15) is 0 Å². The van der Waals surface area contributed by atoms with Crippen LogP contribution in [0, 0.1) is 6.17 Å². The minimum Gasteiger partial charge on any atom is -0.379 e. The van der Waals surface area contributed by atoms with E-state index in [1.54, 1.807) is 0 Å². The molecule has 1 aliphatic rings. The lowest BCUT2D eigenvalue weighted by Crippen LogP contribution is -2.40. The van der Waals surface area contributed by atoms with Gasteiger partial charge in [-0.3, -0.25) is 9.88 Å². The van der Waals surface area contributed by atoms with Gasteiger partial charge in [-0.15, -0.1) is 0 Å². The van der Waals surface area contributed by atoms with Gasteiger partial charge in [0.1, 0.15) is 11.8 Å². The van der Waals surface area contributed by atoms with Crippen LogP contribution in [0.2, 0.25) is 0 Å². The van der Waals surface area contributed by atoms with Crippen LogP contribution in [0.3, 0.4) is 0 Å². The fourth-order valence-corrected chi connectivity index (χ4v) is 4.24. The molecular weight excluding hydrogens is 360 g/mol. The Hall–Kier alpha value is -2.76. The number of hydrogen-bond acceptors (Lipinski definition) is 4.